The van der Waals surface area contributed by atoms with Crippen LogP contribution in [0.2, 0.25) is 0 Å². The fraction of sp³-hybridized carbons (Fsp3) is 0.222. The van der Waals surface area contributed by atoms with Gasteiger partial charge in [0.05, 0.1) is 5.41 Å². The van der Waals surface area contributed by atoms with Crippen LogP contribution in [0.25, 0.3) is 44.5 Å². The molecule has 2 aliphatic carbocycles. The van der Waals surface area contributed by atoms with Gasteiger partial charge in [0, 0.05) is 16.5 Å². The van der Waals surface area contributed by atoms with E-state index in [-0.39, 0.29) is 16.2 Å². The van der Waals surface area contributed by atoms with Crippen molar-refractivity contribution in [2.75, 3.05) is 0 Å². The first-order chi connectivity index (χ1) is 26.3. The highest BCUT2D eigenvalue weighted by atomic mass is 16.5. The van der Waals surface area contributed by atoms with Crippen molar-refractivity contribution in [2.45, 2.75) is 77.0 Å². The largest absolute Gasteiger partial charge is 0.457 e. The van der Waals surface area contributed by atoms with E-state index in [0.717, 1.165) is 11.5 Å². The molecule has 0 amide bonds. The summed E-state index contributed by atoms with van der Waals surface area (Å²) >= 11 is 0. The molecule has 1 spiro atoms. The number of fused-ring (bicyclic) bond motifs is 12. The Hall–Kier alpha value is -5.66. The standard InChI is InChI=1S/C54H48O/c1-51(2,3)37-23-26-41-42-27-24-38(52(4,5)6)32-47(42)54(46(41)31-37)43-14-10-9-13-39(43)40-25-21-35(29-45(40)54)33-17-19-34(20-18-33)36-22-28-50-48(30-36)53(7,8)44-15-11-12-16-49(44)55-50/h9-32H,1-8H3. The van der Waals surface area contributed by atoms with E-state index in [0.29, 0.717) is 0 Å². The molecule has 1 heterocycles. The Morgan fingerprint density at radius 1 is 0.364 bits per heavy atom. The smallest absolute Gasteiger partial charge is 0.131 e. The Kier molecular flexibility index (Phi) is 7.04. The number of para-hydroxylation sites is 1. The third-order valence-electron chi connectivity index (χ3n) is 12.9. The molecule has 0 atom stereocenters. The lowest BCUT2D eigenvalue weighted by atomic mass is 9.68. The van der Waals surface area contributed by atoms with Gasteiger partial charge in [-0.3, -0.25) is 0 Å². The number of rotatable bonds is 2. The SMILES string of the molecule is CC(C)(C)c1ccc2c(c1)C1(c3ccccc3-c3ccc(-c4ccc(-c5ccc6c(c5)C(C)(C)c5ccccc5O6)cc4)cc31)c1cc(C(C)(C)C)ccc1-2. The zero-order valence-electron chi connectivity index (χ0n) is 33.3. The van der Waals surface area contributed by atoms with Crippen LogP contribution in [-0.2, 0) is 21.7 Å². The zero-order chi connectivity index (χ0) is 38.1. The summed E-state index contributed by atoms with van der Waals surface area (Å²) < 4.78 is 6.37. The number of ether oxygens (including phenoxy) is 1. The van der Waals surface area contributed by atoms with Crippen molar-refractivity contribution in [1.82, 2.24) is 0 Å². The molecule has 10 rings (SSSR count). The van der Waals surface area contributed by atoms with Gasteiger partial charge in [0.2, 0.25) is 0 Å². The average Bonchev–Trinajstić information content (AvgIpc) is 3.63. The number of benzene rings is 7. The maximum atomic E-state index is 6.37. The molecule has 0 saturated heterocycles. The topological polar surface area (TPSA) is 9.23 Å². The van der Waals surface area contributed by atoms with Crippen molar-refractivity contribution in [1.29, 1.82) is 0 Å². The lowest BCUT2D eigenvalue weighted by molar-refractivity contribution is 0.418. The van der Waals surface area contributed by atoms with Crippen LogP contribution in [0.5, 0.6) is 11.5 Å². The summed E-state index contributed by atoms with van der Waals surface area (Å²) in [5.41, 5.74) is 20.5. The second-order valence-corrected chi connectivity index (χ2v) is 18.6. The molecule has 0 unspecified atom stereocenters. The fourth-order valence-corrected chi connectivity index (χ4v) is 9.77. The van der Waals surface area contributed by atoms with E-state index in [1.54, 1.807) is 0 Å². The second-order valence-electron chi connectivity index (χ2n) is 18.6. The highest BCUT2D eigenvalue weighted by molar-refractivity contribution is 5.96. The van der Waals surface area contributed by atoms with Gasteiger partial charge in [0.25, 0.3) is 0 Å². The van der Waals surface area contributed by atoms with Crippen LogP contribution < -0.4 is 4.74 Å². The van der Waals surface area contributed by atoms with Crippen LogP contribution >= 0.6 is 0 Å². The van der Waals surface area contributed by atoms with E-state index in [1.807, 2.05) is 6.07 Å². The molecule has 1 nitrogen and oxygen atoms in total. The Morgan fingerprint density at radius 3 is 1.36 bits per heavy atom. The molecule has 0 saturated carbocycles. The first-order valence-corrected chi connectivity index (χ1v) is 19.8. The van der Waals surface area contributed by atoms with E-state index in [4.69, 9.17) is 4.74 Å². The van der Waals surface area contributed by atoms with Crippen LogP contribution in [0.4, 0.5) is 0 Å². The molecule has 0 radical (unpaired) electrons. The third-order valence-corrected chi connectivity index (χ3v) is 12.9. The lowest BCUT2D eigenvalue weighted by Crippen LogP contribution is -2.27. The molecule has 7 aromatic rings. The molecular formula is C54H48O. The Balaban J connectivity index is 1.12. The summed E-state index contributed by atoms with van der Waals surface area (Å²) in [7, 11) is 0. The van der Waals surface area contributed by atoms with Gasteiger partial charge in [-0.05, 0) is 113 Å². The van der Waals surface area contributed by atoms with Gasteiger partial charge in [-0.2, -0.15) is 0 Å². The van der Waals surface area contributed by atoms with E-state index in [2.05, 4.69) is 195 Å². The predicted octanol–water partition coefficient (Wildman–Crippen LogP) is 14.4. The van der Waals surface area contributed by atoms with Gasteiger partial charge in [0.15, 0.2) is 0 Å². The van der Waals surface area contributed by atoms with Gasteiger partial charge in [-0.1, -0.05) is 177 Å². The molecule has 0 aromatic heterocycles. The first kappa shape index (κ1) is 33.9. The summed E-state index contributed by atoms with van der Waals surface area (Å²) in [6.45, 7) is 18.6. The van der Waals surface area contributed by atoms with Crippen molar-refractivity contribution in [3.8, 4) is 56.0 Å². The fourth-order valence-electron chi connectivity index (χ4n) is 9.77. The van der Waals surface area contributed by atoms with Crippen LogP contribution in [0.3, 0.4) is 0 Å². The van der Waals surface area contributed by atoms with Crippen molar-refractivity contribution in [3.05, 3.63) is 190 Å². The Morgan fingerprint density at radius 2 is 0.782 bits per heavy atom. The summed E-state index contributed by atoms with van der Waals surface area (Å²) in [6, 6.07) is 55.2. The molecule has 0 N–H and O–H groups in total. The zero-order valence-corrected chi connectivity index (χ0v) is 33.3. The molecular weight excluding hydrogens is 665 g/mol. The van der Waals surface area contributed by atoms with Crippen molar-refractivity contribution >= 4 is 0 Å². The number of hydrogen-bond donors (Lipinski definition) is 0. The van der Waals surface area contributed by atoms with Crippen molar-refractivity contribution < 1.29 is 4.74 Å². The quantitative estimate of drug-likeness (QED) is 0.173. The van der Waals surface area contributed by atoms with E-state index in [1.165, 1.54) is 89.0 Å². The minimum Gasteiger partial charge on any atom is -0.457 e. The predicted molar refractivity (Wildman–Crippen MR) is 230 cm³/mol. The van der Waals surface area contributed by atoms with Crippen molar-refractivity contribution in [2.24, 2.45) is 0 Å². The van der Waals surface area contributed by atoms with Gasteiger partial charge in [-0.25, -0.2) is 0 Å². The summed E-state index contributed by atoms with van der Waals surface area (Å²) in [4.78, 5) is 0. The van der Waals surface area contributed by atoms with Crippen LogP contribution in [0.1, 0.15) is 99.9 Å². The molecule has 7 aromatic carbocycles. The van der Waals surface area contributed by atoms with Gasteiger partial charge in [0.1, 0.15) is 11.5 Å². The monoisotopic (exact) mass is 712 g/mol. The van der Waals surface area contributed by atoms with Gasteiger partial charge >= 0.3 is 0 Å². The van der Waals surface area contributed by atoms with Gasteiger partial charge < -0.3 is 4.74 Å². The molecule has 270 valence electrons. The molecule has 1 heteroatoms. The van der Waals surface area contributed by atoms with Crippen LogP contribution in [0.15, 0.2) is 146 Å². The molecule has 55 heavy (non-hydrogen) atoms. The Bertz CT molecular complexity index is 2640. The Labute approximate surface area is 326 Å². The maximum Gasteiger partial charge on any atom is 0.131 e. The summed E-state index contributed by atoms with van der Waals surface area (Å²) in [5, 5.41) is 0. The molecule has 1 aliphatic heterocycles. The van der Waals surface area contributed by atoms with Crippen molar-refractivity contribution in [3.63, 3.8) is 0 Å². The average molecular weight is 713 g/mol. The normalized spacial score (nSPS) is 15.3. The van der Waals surface area contributed by atoms with E-state index >= 15 is 0 Å². The van der Waals surface area contributed by atoms with Crippen LogP contribution in [-0.4, -0.2) is 0 Å². The minimum atomic E-state index is -0.411. The third kappa shape index (κ3) is 4.85. The second kappa shape index (κ2) is 11.4. The number of hydrogen-bond acceptors (Lipinski definition) is 1. The first-order valence-electron chi connectivity index (χ1n) is 19.8. The lowest BCUT2D eigenvalue weighted by Gasteiger charge is -2.34. The highest BCUT2D eigenvalue weighted by Crippen LogP contribution is 2.64. The highest BCUT2D eigenvalue weighted by Gasteiger charge is 2.52. The van der Waals surface area contributed by atoms with E-state index in [9.17, 15) is 0 Å². The summed E-state index contributed by atoms with van der Waals surface area (Å²) in [5.74, 6) is 1.89. The molecule has 3 aliphatic rings. The molecule has 0 bridgehead atoms. The van der Waals surface area contributed by atoms with Crippen LogP contribution in [0, 0.1) is 0 Å². The molecule has 0 fully saturated rings. The maximum absolute atomic E-state index is 6.37. The van der Waals surface area contributed by atoms with E-state index < -0.39 is 5.41 Å². The van der Waals surface area contributed by atoms with Gasteiger partial charge in [-0.15, -0.1) is 0 Å². The summed E-state index contributed by atoms with van der Waals surface area (Å²) in [6.07, 6.45) is 0. The minimum absolute atomic E-state index is 0.0252.